The number of anilines is 1. The van der Waals surface area contributed by atoms with E-state index < -0.39 is 5.54 Å². The number of aromatic nitrogens is 1. The molecule has 134 valence electrons. The molecule has 0 aliphatic carbocycles. The highest BCUT2D eigenvalue weighted by Gasteiger charge is 2.43. The van der Waals surface area contributed by atoms with Crippen molar-refractivity contribution in [2.45, 2.75) is 45.2 Å². The summed E-state index contributed by atoms with van der Waals surface area (Å²) < 4.78 is 0. The molecular formula is C18H30N4O2. The number of carbonyl (C=O) groups is 1. The third kappa shape index (κ3) is 4.17. The highest BCUT2D eigenvalue weighted by atomic mass is 16.3. The van der Waals surface area contributed by atoms with Gasteiger partial charge in [0.2, 0.25) is 0 Å². The van der Waals surface area contributed by atoms with Crippen molar-refractivity contribution >= 4 is 11.8 Å². The Morgan fingerprint density at radius 3 is 2.88 bits per heavy atom. The fourth-order valence-electron chi connectivity index (χ4n) is 3.54. The average molecular weight is 334 g/mol. The number of carbonyl (C=O) groups excluding carboxylic acids is 1. The van der Waals surface area contributed by atoms with Crippen LogP contribution in [0.4, 0.5) is 10.6 Å². The second-order valence-corrected chi connectivity index (χ2v) is 7.31. The SMILES string of the molecule is CC(C)C[C@@]1(CO)CCCN1C(=O)NCc1ccnc(N(C)C)c1. The smallest absolute Gasteiger partial charge is 0.318 e. The molecule has 1 saturated heterocycles. The van der Waals surface area contributed by atoms with Crippen LogP contribution < -0.4 is 10.2 Å². The third-order valence-electron chi connectivity index (χ3n) is 4.64. The summed E-state index contributed by atoms with van der Waals surface area (Å²) in [5.74, 6) is 1.31. The molecule has 0 radical (unpaired) electrons. The maximum Gasteiger partial charge on any atom is 0.318 e. The number of urea groups is 1. The standard InChI is InChI=1S/C18H30N4O2/c1-14(2)11-18(13-23)7-5-9-22(18)17(24)20-12-15-6-8-19-16(10-15)21(3)4/h6,8,10,14,23H,5,7,9,11-13H2,1-4H3,(H,20,24)/t18-/m1/s1. The Bertz CT molecular complexity index is 562. The number of aliphatic hydroxyl groups is 1. The van der Waals surface area contributed by atoms with Crippen molar-refractivity contribution in [3.8, 4) is 0 Å². The highest BCUT2D eigenvalue weighted by Crippen LogP contribution is 2.34. The van der Waals surface area contributed by atoms with Gasteiger partial charge in [0, 0.05) is 33.4 Å². The molecule has 6 heteroatoms. The van der Waals surface area contributed by atoms with Gasteiger partial charge in [-0.3, -0.25) is 0 Å². The zero-order valence-corrected chi connectivity index (χ0v) is 15.2. The van der Waals surface area contributed by atoms with Gasteiger partial charge in [-0.25, -0.2) is 9.78 Å². The molecule has 2 rings (SSSR count). The number of amides is 2. The van der Waals surface area contributed by atoms with E-state index in [9.17, 15) is 9.90 Å². The Morgan fingerprint density at radius 2 is 2.25 bits per heavy atom. The monoisotopic (exact) mass is 334 g/mol. The van der Waals surface area contributed by atoms with E-state index in [0.29, 0.717) is 19.0 Å². The molecule has 6 nitrogen and oxygen atoms in total. The van der Waals surface area contributed by atoms with Crippen LogP contribution in [-0.2, 0) is 6.54 Å². The van der Waals surface area contributed by atoms with Crippen LogP contribution in [0.25, 0.3) is 0 Å². The van der Waals surface area contributed by atoms with Gasteiger partial charge in [0.15, 0.2) is 0 Å². The van der Waals surface area contributed by atoms with E-state index in [1.54, 1.807) is 6.20 Å². The molecule has 1 fully saturated rings. The van der Waals surface area contributed by atoms with E-state index >= 15 is 0 Å². The summed E-state index contributed by atoms with van der Waals surface area (Å²) in [6.07, 6.45) is 4.40. The van der Waals surface area contributed by atoms with Crippen LogP contribution in [0.15, 0.2) is 18.3 Å². The van der Waals surface area contributed by atoms with Crippen molar-refractivity contribution < 1.29 is 9.90 Å². The lowest BCUT2D eigenvalue weighted by molar-refractivity contribution is 0.0675. The second-order valence-electron chi connectivity index (χ2n) is 7.31. The van der Waals surface area contributed by atoms with Crippen LogP contribution >= 0.6 is 0 Å². The molecule has 1 aromatic rings. The molecule has 2 heterocycles. The van der Waals surface area contributed by atoms with E-state index in [4.69, 9.17) is 0 Å². The summed E-state index contributed by atoms with van der Waals surface area (Å²) in [5, 5.41) is 12.9. The fourth-order valence-corrected chi connectivity index (χ4v) is 3.54. The van der Waals surface area contributed by atoms with Gasteiger partial charge in [-0.15, -0.1) is 0 Å². The van der Waals surface area contributed by atoms with Gasteiger partial charge in [0.25, 0.3) is 0 Å². The zero-order valence-electron chi connectivity index (χ0n) is 15.2. The van der Waals surface area contributed by atoms with Gasteiger partial charge in [0.05, 0.1) is 12.1 Å². The molecule has 1 aliphatic rings. The van der Waals surface area contributed by atoms with Crippen molar-refractivity contribution in [2.75, 3.05) is 32.1 Å². The molecule has 0 saturated carbocycles. The minimum Gasteiger partial charge on any atom is -0.394 e. The largest absolute Gasteiger partial charge is 0.394 e. The van der Waals surface area contributed by atoms with Gasteiger partial charge < -0.3 is 20.2 Å². The molecule has 2 N–H and O–H groups in total. The summed E-state index contributed by atoms with van der Waals surface area (Å²) in [6.45, 7) is 5.45. The zero-order chi connectivity index (χ0) is 17.7. The first-order valence-electron chi connectivity index (χ1n) is 8.66. The lowest BCUT2D eigenvalue weighted by atomic mass is 9.87. The van der Waals surface area contributed by atoms with Crippen molar-refractivity contribution in [3.63, 3.8) is 0 Å². The molecule has 1 aliphatic heterocycles. The molecule has 1 aromatic heterocycles. The van der Waals surface area contributed by atoms with Crippen molar-refractivity contribution in [3.05, 3.63) is 23.9 Å². The van der Waals surface area contributed by atoms with Crippen LogP contribution in [0.3, 0.4) is 0 Å². The molecule has 1 atom stereocenters. The summed E-state index contributed by atoms with van der Waals surface area (Å²) >= 11 is 0. The Labute approximate surface area is 144 Å². The number of nitrogens with one attached hydrogen (secondary N) is 1. The normalized spacial score (nSPS) is 20.5. The number of pyridine rings is 1. The first kappa shape index (κ1) is 18.5. The maximum absolute atomic E-state index is 12.7. The average Bonchev–Trinajstić information content (AvgIpc) is 2.96. The number of hydrogen-bond acceptors (Lipinski definition) is 4. The second kappa shape index (κ2) is 7.83. The predicted octanol–water partition coefficient (Wildman–Crippen LogP) is 2.23. The molecule has 0 spiro atoms. The maximum atomic E-state index is 12.7. The van der Waals surface area contributed by atoms with Crippen LogP contribution in [-0.4, -0.2) is 53.8 Å². The minimum absolute atomic E-state index is 0.0264. The van der Waals surface area contributed by atoms with E-state index in [1.165, 1.54) is 0 Å². The van der Waals surface area contributed by atoms with E-state index in [0.717, 1.165) is 30.6 Å². The quantitative estimate of drug-likeness (QED) is 0.837. The molecule has 0 bridgehead atoms. The lowest BCUT2D eigenvalue weighted by Crippen LogP contribution is -2.54. The highest BCUT2D eigenvalue weighted by molar-refractivity contribution is 5.75. The van der Waals surface area contributed by atoms with Crippen LogP contribution in [0, 0.1) is 5.92 Å². The lowest BCUT2D eigenvalue weighted by Gasteiger charge is -2.38. The van der Waals surface area contributed by atoms with Gasteiger partial charge in [-0.05, 0) is 42.9 Å². The Hall–Kier alpha value is -1.82. The van der Waals surface area contributed by atoms with E-state index in [-0.39, 0.29) is 12.6 Å². The fraction of sp³-hybridized carbons (Fsp3) is 0.667. The van der Waals surface area contributed by atoms with Crippen molar-refractivity contribution in [2.24, 2.45) is 5.92 Å². The Balaban J connectivity index is 2.02. The van der Waals surface area contributed by atoms with Crippen LogP contribution in [0.5, 0.6) is 0 Å². The summed E-state index contributed by atoms with van der Waals surface area (Å²) in [4.78, 5) is 20.7. The number of rotatable bonds is 6. The third-order valence-corrected chi connectivity index (χ3v) is 4.64. The number of aliphatic hydroxyl groups excluding tert-OH is 1. The Kier molecular flexibility index (Phi) is 6.04. The van der Waals surface area contributed by atoms with Gasteiger partial charge in [-0.1, -0.05) is 13.8 Å². The predicted molar refractivity (Wildman–Crippen MR) is 96.0 cm³/mol. The van der Waals surface area contributed by atoms with Gasteiger partial charge in [0.1, 0.15) is 5.82 Å². The molecule has 24 heavy (non-hydrogen) atoms. The Morgan fingerprint density at radius 1 is 1.50 bits per heavy atom. The molecule has 0 unspecified atom stereocenters. The minimum atomic E-state index is -0.411. The number of nitrogens with zero attached hydrogens (tertiary/aromatic N) is 3. The van der Waals surface area contributed by atoms with Crippen molar-refractivity contribution in [1.29, 1.82) is 0 Å². The van der Waals surface area contributed by atoms with Gasteiger partial charge >= 0.3 is 6.03 Å². The van der Waals surface area contributed by atoms with E-state index in [2.05, 4.69) is 24.1 Å². The molecule has 2 amide bonds. The molecular weight excluding hydrogens is 304 g/mol. The molecule has 0 aromatic carbocycles. The van der Waals surface area contributed by atoms with Crippen LogP contribution in [0.2, 0.25) is 0 Å². The first-order chi connectivity index (χ1) is 11.4. The van der Waals surface area contributed by atoms with Crippen molar-refractivity contribution in [1.82, 2.24) is 15.2 Å². The first-order valence-corrected chi connectivity index (χ1v) is 8.66. The topological polar surface area (TPSA) is 68.7 Å². The van der Waals surface area contributed by atoms with Crippen LogP contribution in [0.1, 0.15) is 38.7 Å². The number of likely N-dealkylation sites (tertiary alicyclic amines) is 1. The summed E-state index contributed by atoms with van der Waals surface area (Å²) in [7, 11) is 3.88. The summed E-state index contributed by atoms with van der Waals surface area (Å²) in [6, 6.07) is 3.79. The van der Waals surface area contributed by atoms with E-state index in [1.807, 2.05) is 36.0 Å². The number of hydrogen-bond donors (Lipinski definition) is 2. The van der Waals surface area contributed by atoms with Gasteiger partial charge in [-0.2, -0.15) is 0 Å². The summed E-state index contributed by atoms with van der Waals surface area (Å²) in [5.41, 5.74) is 0.602.